The van der Waals surface area contributed by atoms with Crippen molar-refractivity contribution in [2.45, 2.75) is 70.9 Å². The standard InChI is InChI=1S/C18H36N4O.HI/c1-3-5-15(10-13-23)14-20-18(19-4-2)21-16-8-11-22(12-9-16)17-6-7-17;/h15-17,23H,3-14H2,1-2H3,(H2,19,20,21);1H. The van der Waals surface area contributed by atoms with E-state index in [-0.39, 0.29) is 30.6 Å². The Morgan fingerprint density at radius 2 is 1.88 bits per heavy atom. The molecule has 1 unspecified atom stereocenters. The summed E-state index contributed by atoms with van der Waals surface area (Å²) in [5, 5.41) is 16.2. The maximum atomic E-state index is 9.18. The number of rotatable bonds is 9. The first kappa shape index (κ1) is 22.0. The van der Waals surface area contributed by atoms with E-state index in [9.17, 15) is 5.11 Å². The third-order valence-electron chi connectivity index (χ3n) is 5.02. The number of aliphatic hydroxyl groups excluding tert-OH is 1. The van der Waals surface area contributed by atoms with Crippen molar-refractivity contribution >= 4 is 29.9 Å². The third kappa shape index (κ3) is 7.87. The quantitative estimate of drug-likeness (QED) is 0.286. The van der Waals surface area contributed by atoms with Gasteiger partial charge in [-0.2, -0.15) is 0 Å². The largest absolute Gasteiger partial charge is 0.396 e. The molecule has 1 aliphatic heterocycles. The number of hydrogen-bond acceptors (Lipinski definition) is 3. The summed E-state index contributed by atoms with van der Waals surface area (Å²) in [4.78, 5) is 7.43. The van der Waals surface area contributed by atoms with E-state index in [0.29, 0.717) is 12.0 Å². The lowest BCUT2D eigenvalue weighted by atomic mass is 10.0. The molecule has 24 heavy (non-hydrogen) atoms. The number of piperidine rings is 1. The highest BCUT2D eigenvalue weighted by Gasteiger charge is 2.31. The summed E-state index contributed by atoms with van der Waals surface area (Å²) in [6.45, 7) is 8.74. The van der Waals surface area contributed by atoms with Crippen molar-refractivity contribution in [2.75, 3.05) is 32.8 Å². The van der Waals surface area contributed by atoms with Gasteiger partial charge in [0.05, 0.1) is 0 Å². The zero-order valence-electron chi connectivity index (χ0n) is 15.5. The fourth-order valence-electron chi connectivity index (χ4n) is 3.50. The van der Waals surface area contributed by atoms with E-state index in [0.717, 1.165) is 44.4 Å². The molecule has 142 valence electrons. The van der Waals surface area contributed by atoms with Gasteiger partial charge in [0.1, 0.15) is 0 Å². The predicted molar refractivity (Wildman–Crippen MR) is 112 cm³/mol. The van der Waals surface area contributed by atoms with Gasteiger partial charge in [-0.05, 0) is 51.4 Å². The van der Waals surface area contributed by atoms with Gasteiger partial charge < -0.3 is 20.6 Å². The first-order valence-corrected chi connectivity index (χ1v) is 9.66. The second kappa shape index (κ2) is 12.3. The van der Waals surface area contributed by atoms with Gasteiger partial charge in [-0.15, -0.1) is 24.0 Å². The zero-order chi connectivity index (χ0) is 16.5. The van der Waals surface area contributed by atoms with Crippen LogP contribution < -0.4 is 10.6 Å². The van der Waals surface area contributed by atoms with Crippen LogP contribution in [-0.4, -0.2) is 60.8 Å². The van der Waals surface area contributed by atoms with E-state index in [4.69, 9.17) is 4.99 Å². The molecule has 0 radical (unpaired) electrons. The third-order valence-corrected chi connectivity index (χ3v) is 5.02. The molecule has 0 spiro atoms. The van der Waals surface area contributed by atoms with Crippen LogP contribution in [-0.2, 0) is 0 Å². The monoisotopic (exact) mass is 452 g/mol. The summed E-state index contributed by atoms with van der Waals surface area (Å²) in [6.07, 6.45) is 8.41. The van der Waals surface area contributed by atoms with Gasteiger partial charge in [-0.25, -0.2) is 0 Å². The molecule has 1 saturated carbocycles. The highest BCUT2D eigenvalue weighted by molar-refractivity contribution is 14.0. The van der Waals surface area contributed by atoms with Gasteiger partial charge in [0.25, 0.3) is 0 Å². The van der Waals surface area contributed by atoms with Crippen molar-refractivity contribution in [1.29, 1.82) is 0 Å². The fourth-order valence-corrected chi connectivity index (χ4v) is 3.50. The first-order chi connectivity index (χ1) is 11.3. The highest BCUT2D eigenvalue weighted by atomic mass is 127. The molecule has 1 heterocycles. The van der Waals surface area contributed by atoms with Crippen LogP contribution in [0.2, 0.25) is 0 Å². The van der Waals surface area contributed by atoms with Crippen LogP contribution in [0.1, 0.15) is 58.8 Å². The summed E-state index contributed by atoms with van der Waals surface area (Å²) >= 11 is 0. The van der Waals surface area contributed by atoms with Gasteiger partial charge >= 0.3 is 0 Å². The van der Waals surface area contributed by atoms with E-state index in [1.807, 2.05) is 0 Å². The van der Waals surface area contributed by atoms with E-state index in [1.165, 1.54) is 38.8 Å². The van der Waals surface area contributed by atoms with Gasteiger partial charge in [-0.3, -0.25) is 4.99 Å². The van der Waals surface area contributed by atoms with Crippen LogP contribution >= 0.6 is 24.0 Å². The lowest BCUT2D eigenvalue weighted by Crippen LogP contribution is -2.49. The van der Waals surface area contributed by atoms with Gasteiger partial charge in [0.15, 0.2) is 5.96 Å². The lowest BCUT2D eigenvalue weighted by molar-refractivity contribution is 0.197. The smallest absolute Gasteiger partial charge is 0.191 e. The van der Waals surface area contributed by atoms with Crippen molar-refractivity contribution in [3.8, 4) is 0 Å². The molecule has 0 aromatic heterocycles. The van der Waals surface area contributed by atoms with Gasteiger partial charge in [-0.1, -0.05) is 13.3 Å². The maximum Gasteiger partial charge on any atom is 0.191 e. The molecule has 2 fully saturated rings. The van der Waals surface area contributed by atoms with Gasteiger partial charge in [0, 0.05) is 44.9 Å². The zero-order valence-corrected chi connectivity index (χ0v) is 17.8. The summed E-state index contributed by atoms with van der Waals surface area (Å²) in [5.41, 5.74) is 0. The van der Waals surface area contributed by atoms with Crippen LogP contribution in [0, 0.1) is 5.92 Å². The molecule has 2 rings (SSSR count). The van der Waals surface area contributed by atoms with Crippen LogP contribution in [0.15, 0.2) is 4.99 Å². The van der Waals surface area contributed by atoms with Crippen molar-refractivity contribution in [3.05, 3.63) is 0 Å². The SMILES string of the molecule is CCCC(CCO)CN=C(NCC)NC1CCN(C2CC2)CC1.I. The Hall–Kier alpha value is -0.0800. The predicted octanol–water partition coefficient (Wildman–Crippen LogP) is 2.59. The molecule has 0 aromatic carbocycles. The van der Waals surface area contributed by atoms with Crippen molar-refractivity contribution in [2.24, 2.45) is 10.9 Å². The van der Waals surface area contributed by atoms with E-state index in [1.54, 1.807) is 0 Å². The topological polar surface area (TPSA) is 59.9 Å². The lowest BCUT2D eigenvalue weighted by Gasteiger charge is -2.33. The van der Waals surface area contributed by atoms with Crippen molar-refractivity contribution in [1.82, 2.24) is 15.5 Å². The number of guanidine groups is 1. The number of halogens is 1. The number of likely N-dealkylation sites (tertiary alicyclic amines) is 1. The summed E-state index contributed by atoms with van der Waals surface area (Å²) in [6, 6.07) is 1.44. The van der Waals surface area contributed by atoms with Crippen molar-refractivity contribution < 1.29 is 5.11 Å². The molecule has 2 aliphatic rings. The summed E-state index contributed by atoms with van der Waals surface area (Å²) in [7, 11) is 0. The minimum atomic E-state index is 0. The number of aliphatic imine (C=N–C) groups is 1. The van der Waals surface area contributed by atoms with Crippen LogP contribution in [0.4, 0.5) is 0 Å². The molecular weight excluding hydrogens is 415 g/mol. The molecule has 0 amide bonds. The summed E-state index contributed by atoms with van der Waals surface area (Å²) in [5.74, 6) is 1.45. The molecule has 3 N–H and O–H groups in total. The number of aliphatic hydroxyl groups is 1. The Kier molecular flexibility index (Phi) is 11.3. The Morgan fingerprint density at radius 3 is 2.42 bits per heavy atom. The molecule has 1 aliphatic carbocycles. The minimum absolute atomic E-state index is 0. The second-order valence-corrected chi connectivity index (χ2v) is 7.07. The molecular formula is C18H37IN4O. The Balaban J connectivity index is 0.00000288. The summed E-state index contributed by atoms with van der Waals surface area (Å²) < 4.78 is 0. The fraction of sp³-hybridized carbons (Fsp3) is 0.944. The Morgan fingerprint density at radius 1 is 1.17 bits per heavy atom. The molecule has 0 bridgehead atoms. The van der Waals surface area contributed by atoms with E-state index >= 15 is 0 Å². The van der Waals surface area contributed by atoms with Crippen LogP contribution in [0.3, 0.4) is 0 Å². The molecule has 1 saturated heterocycles. The van der Waals surface area contributed by atoms with Crippen molar-refractivity contribution in [3.63, 3.8) is 0 Å². The average Bonchev–Trinajstić information content (AvgIpc) is 3.39. The van der Waals surface area contributed by atoms with E-state index in [2.05, 4.69) is 29.4 Å². The highest BCUT2D eigenvalue weighted by Crippen LogP contribution is 2.29. The minimum Gasteiger partial charge on any atom is -0.396 e. The van der Waals surface area contributed by atoms with Gasteiger partial charge in [0.2, 0.25) is 0 Å². The number of hydrogen-bond donors (Lipinski definition) is 3. The van der Waals surface area contributed by atoms with E-state index < -0.39 is 0 Å². The molecule has 0 aromatic rings. The number of nitrogens with one attached hydrogen (secondary N) is 2. The molecule has 1 atom stereocenters. The van der Waals surface area contributed by atoms with Crippen LogP contribution in [0.25, 0.3) is 0 Å². The second-order valence-electron chi connectivity index (χ2n) is 7.07. The first-order valence-electron chi connectivity index (χ1n) is 9.66. The Labute approximate surface area is 165 Å². The molecule has 5 nitrogen and oxygen atoms in total. The maximum absolute atomic E-state index is 9.18. The molecule has 6 heteroatoms. The normalized spacial score (nSPS) is 21.2. The van der Waals surface area contributed by atoms with Crippen LogP contribution in [0.5, 0.6) is 0 Å². The Bertz CT molecular complexity index is 349. The number of nitrogens with zero attached hydrogens (tertiary/aromatic N) is 2. The average molecular weight is 452 g/mol.